The number of benzene rings is 1. The van der Waals surface area contributed by atoms with Crippen molar-refractivity contribution in [2.24, 2.45) is 7.05 Å². The number of urea groups is 1. The maximum Gasteiger partial charge on any atom is 0.317 e. The molecule has 0 spiro atoms. The minimum absolute atomic E-state index is 0.0496. The Morgan fingerprint density at radius 2 is 2.08 bits per heavy atom. The minimum Gasteiger partial charge on any atom is -0.370 e. The first-order valence-corrected chi connectivity index (χ1v) is 9.22. The maximum atomic E-state index is 12.5. The summed E-state index contributed by atoms with van der Waals surface area (Å²) in [6.45, 7) is 6.31. The van der Waals surface area contributed by atoms with Gasteiger partial charge in [-0.25, -0.2) is 4.79 Å². The van der Waals surface area contributed by atoms with Crippen LogP contribution in [0.5, 0.6) is 0 Å². The zero-order valence-corrected chi connectivity index (χ0v) is 16.2. The molecule has 0 saturated carbocycles. The fourth-order valence-electron chi connectivity index (χ4n) is 3.30. The van der Waals surface area contributed by atoms with Crippen molar-refractivity contribution >= 4 is 17.6 Å². The van der Waals surface area contributed by atoms with Crippen molar-refractivity contribution in [3.63, 3.8) is 0 Å². The van der Waals surface area contributed by atoms with Gasteiger partial charge in [-0.2, -0.15) is 5.10 Å². The number of ether oxygens (including phenoxy) is 1. The van der Waals surface area contributed by atoms with Gasteiger partial charge in [-0.1, -0.05) is 23.7 Å². The van der Waals surface area contributed by atoms with Gasteiger partial charge in [-0.15, -0.1) is 0 Å². The largest absolute Gasteiger partial charge is 0.370 e. The third-order valence-corrected chi connectivity index (χ3v) is 5.16. The lowest BCUT2D eigenvalue weighted by Crippen LogP contribution is -2.47. The van der Waals surface area contributed by atoms with Gasteiger partial charge >= 0.3 is 6.03 Å². The molecule has 2 heterocycles. The predicted octanol–water partition coefficient (Wildman–Crippen LogP) is 3.02. The van der Waals surface area contributed by atoms with Crippen LogP contribution in [0.25, 0.3) is 0 Å². The van der Waals surface area contributed by atoms with E-state index in [1.807, 2.05) is 47.8 Å². The summed E-state index contributed by atoms with van der Waals surface area (Å²) in [6, 6.07) is 7.53. The Morgan fingerprint density at radius 1 is 1.35 bits per heavy atom. The fraction of sp³-hybridized carbons (Fsp3) is 0.474. The fourth-order valence-corrected chi connectivity index (χ4v) is 3.42. The predicted molar refractivity (Wildman–Crippen MR) is 102 cm³/mol. The molecule has 7 heteroatoms. The highest BCUT2D eigenvalue weighted by atomic mass is 35.5. The van der Waals surface area contributed by atoms with E-state index >= 15 is 0 Å². The molecule has 1 aromatic carbocycles. The molecule has 2 aromatic rings. The molecule has 0 bridgehead atoms. The summed E-state index contributed by atoms with van der Waals surface area (Å²) >= 11 is 5.94. The first-order valence-electron chi connectivity index (χ1n) is 8.84. The molecule has 26 heavy (non-hydrogen) atoms. The Labute approximate surface area is 159 Å². The summed E-state index contributed by atoms with van der Waals surface area (Å²) in [4.78, 5) is 14.3. The van der Waals surface area contributed by atoms with Gasteiger partial charge in [0.2, 0.25) is 0 Å². The quantitative estimate of drug-likeness (QED) is 0.892. The summed E-state index contributed by atoms with van der Waals surface area (Å²) in [5.74, 6) is 0. The number of aromatic nitrogens is 2. The molecule has 3 rings (SSSR count). The molecule has 1 unspecified atom stereocenters. The topological polar surface area (TPSA) is 59.4 Å². The summed E-state index contributed by atoms with van der Waals surface area (Å²) in [5, 5.41) is 8.13. The molecule has 0 aliphatic carbocycles. The van der Waals surface area contributed by atoms with E-state index in [9.17, 15) is 4.79 Å². The van der Waals surface area contributed by atoms with Crippen LogP contribution in [0.1, 0.15) is 28.6 Å². The van der Waals surface area contributed by atoms with Crippen LogP contribution in [-0.4, -0.2) is 47.0 Å². The van der Waals surface area contributed by atoms with Gasteiger partial charge in [0, 0.05) is 30.9 Å². The number of hydrogen-bond acceptors (Lipinski definition) is 3. The number of rotatable bonds is 4. The highest BCUT2D eigenvalue weighted by Crippen LogP contribution is 2.23. The number of carbonyl (C=O) groups excluding carboxylic acids is 1. The van der Waals surface area contributed by atoms with Crippen molar-refractivity contribution in [3.8, 4) is 0 Å². The second kappa shape index (κ2) is 8.10. The molecule has 1 saturated heterocycles. The molecule has 140 valence electrons. The monoisotopic (exact) mass is 376 g/mol. The van der Waals surface area contributed by atoms with Crippen LogP contribution >= 0.6 is 11.6 Å². The molecule has 1 aromatic heterocycles. The van der Waals surface area contributed by atoms with Crippen molar-refractivity contribution < 1.29 is 9.53 Å². The Balaban J connectivity index is 1.53. The van der Waals surface area contributed by atoms with Crippen molar-refractivity contribution in [2.45, 2.75) is 26.4 Å². The Morgan fingerprint density at radius 3 is 2.73 bits per heavy atom. The van der Waals surface area contributed by atoms with Crippen molar-refractivity contribution in [1.82, 2.24) is 20.0 Å². The van der Waals surface area contributed by atoms with E-state index < -0.39 is 0 Å². The van der Waals surface area contributed by atoms with Gasteiger partial charge < -0.3 is 15.0 Å². The lowest BCUT2D eigenvalue weighted by atomic mass is 10.1. The second-order valence-corrected chi connectivity index (χ2v) is 7.05. The van der Waals surface area contributed by atoms with Crippen molar-refractivity contribution in [1.29, 1.82) is 0 Å². The number of halogens is 1. The average Bonchev–Trinajstić information content (AvgIpc) is 2.88. The normalized spacial score (nSPS) is 17.4. The average molecular weight is 377 g/mol. The first-order chi connectivity index (χ1) is 12.5. The molecule has 0 radical (unpaired) electrons. The number of aryl methyl sites for hydroxylation is 2. The smallest absolute Gasteiger partial charge is 0.317 e. The molecule has 1 aliphatic heterocycles. The zero-order valence-electron chi connectivity index (χ0n) is 15.5. The summed E-state index contributed by atoms with van der Waals surface area (Å²) in [5.41, 5.74) is 4.40. The van der Waals surface area contributed by atoms with Gasteiger partial charge in [0.15, 0.2) is 0 Å². The third-order valence-electron chi connectivity index (χ3n) is 4.91. The van der Waals surface area contributed by atoms with Gasteiger partial charge in [0.1, 0.15) is 6.10 Å². The van der Waals surface area contributed by atoms with E-state index in [0.29, 0.717) is 31.3 Å². The number of amides is 2. The van der Waals surface area contributed by atoms with Gasteiger partial charge in [0.05, 0.1) is 18.8 Å². The molecular formula is C19H25ClN4O2. The summed E-state index contributed by atoms with van der Waals surface area (Å²) in [7, 11) is 1.94. The summed E-state index contributed by atoms with van der Waals surface area (Å²) in [6.07, 6.45) is 0.664. The summed E-state index contributed by atoms with van der Waals surface area (Å²) < 4.78 is 7.70. The van der Waals surface area contributed by atoms with Crippen LogP contribution < -0.4 is 5.32 Å². The van der Waals surface area contributed by atoms with Crippen molar-refractivity contribution in [3.05, 3.63) is 51.8 Å². The van der Waals surface area contributed by atoms with E-state index in [4.69, 9.17) is 16.3 Å². The number of carbonyl (C=O) groups is 1. The highest BCUT2D eigenvalue weighted by molar-refractivity contribution is 6.30. The number of nitrogens with zero attached hydrogens (tertiary/aromatic N) is 3. The third kappa shape index (κ3) is 4.19. The van der Waals surface area contributed by atoms with E-state index in [0.717, 1.165) is 23.4 Å². The van der Waals surface area contributed by atoms with E-state index in [1.165, 1.54) is 5.56 Å². The Kier molecular flexibility index (Phi) is 5.84. The Hall–Kier alpha value is -2.05. The lowest BCUT2D eigenvalue weighted by Gasteiger charge is -2.33. The van der Waals surface area contributed by atoms with Gasteiger partial charge in [0.25, 0.3) is 0 Å². The van der Waals surface area contributed by atoms with E-state index in [-0.39, 0.29) is 12.1 Å². The second-order valence-electron chi connectivity index (χ2n) is 6.61. The number of morpholine rings is 1. The molecule has 1 fully saturated rings. The first kappa shape index (κ1) is 18.7. The van der Waals surface area contributed by atoms with Crippen molar-refractivity contribution in [2.75, 3.05) is 26.2 Å². The van der Waals surface area contributed by atoms with Crippen LogP contribution in [0.4, 0.5) is 4.79 Å². The van der Waals surface area contributed by atoms with E-state index in [1.54, 1.807) is 0 Å². The van der Waals surface area contributed by atoms with E-state index in [2.05, 4.69) is 17.3 Å². The molecule has 2 amide bonds. The zero-order chi connectivity index (χ0) is 18.7. The van der Waals surface area contributed by atoms with Gasteiger partial charge in [-0.05, 0) is 43.5 Å². The van der Waals surface area contributed by atoms with Crippen LogP contribution in [0.15, 0.2) is 24.3 Å². The molecular weight excluding hydrogens is 352 g/mol. The van der Waals surface area contributed by atoms with Crippen LogP contribution in [0.2, 0.25) is 5.02 Å². The molecule has 1 aliphatic rings. The van der Waals surface area contributed by atoms with Crippen LogP contribution in [-0.2, 0) is 18.2 Å². The standard InChI is InChI=1S/C19H25ClN4O2/c1-13-17(14(2)23(3)22-13)8-9-21-19(25)24-10-11-26-18(12-24)15-4-6-16(20)7-5-15/h4-7,18H,8-12H2,1-3H3,(H,21,25). The van der Waals surface area contributed by atoms with Crippen LogP contribution in [0, 0.1) is 13.8 Å². The molecule has 1 atom stereocenters. The number of hydrogen-bond donors (Lipinski definition) is 1. The lowest BCUT2D eigenvalue weighted by molar-refractivity contribution is -0.0153. The number of nitrogens with one attached hydrogen (secondary N) is 1. The van der Waals surface area contributed by atoms with Crippen LogP contribution in [0.3, 0.4) is 0 Å². The minimum atomic E-state index is -0.116. The van der Waals surface area contributed by atoms with Gasteiger partial charge in [-0.3, -0.25) is 4.68 Å². The molecule has 6 nitrogen and oxygen atoms in total. The Bertz CT molecular complexity index is 773. The highest BCUT2D eigenvalue weighted by Gasteiger charge is 2.25. The SMILES string of the molecule is Cc1nn(C)c(C)c1CCNC(=O)N1CCOC(c2ccc(Cl)cc2)C1. The molecule has 1 N–H and O–H groups in total. The maximum absolute atomic E-state index is 12.5.